The van der Waals surface area contributed by atoms with Crippen LogP contribution in [0.3, 0.4) is 0 Å². The third kappa shape index (κ3) is 3.41. The summed E-state index contributed by atoms with van der Waals surface area (Å²) in [4.78, 5) is 0. The monoisotopic (exact) mass is 183 g/mol. The van der Waals surface area contributed by atoms with Crippen LogP contribution < -0.4 is 5.32 Å². The highest BCUT2D eigenvalue weighted by molar-refractivity contribution is 5.21. The summed E-state index contributed by atoms with van der Waals surface area (Å²) in [5.41, 5.74) is 3.28. The van der Waals surface area contributed by atoms with Crippen molar-refractivity contribution in [2.45, 2.75) is 48.5 Å². The molecule has 0 fully saturated rings. The van der Waals surface area contributed by atoms with Gasteiger partial charge in [0, 0.05) is 18.2 Å². The molecule has 0 bridgehead atoms. The molecule has 0 aromatic carbocycles. The van der Waals surface area contributed by atoms with Gasteiger partial charge in [-0.1, -0.05) is 41.5 Å². The Morgan fingerprint density at radius 3 is 1.31 bits per heavy atom. The second-order valence-electron chi connectivity index (χ2n) is 5.75. The van der Waals surface area contributed by atoms with Crippen molar-refractivity contribution in [1.82, 2.24) is 5.32 Å². The van der Waals surface area contributed by atoms with Crippen molar-refractivity contribution in [2.24, 2.45) is 10.8 Å². The molecule has 1 N–H and O–H groups in total. The van der Waals surface area contributed by atoms with Crippen molar-refractivity contribution in [3.05, 3.63) is 11.3 Å². The molecule has 0 spiro atoms. The molecular formula is C12H25N. The van der Waals surface area contributed by atoms with Gasteiger partial charge >= 0.3 is 0 Å². The van der Waals surface area contributed by atoms with Gasteiger partial charge in [-0.25, -0.2) is 0 Å². The van der Waals surface area contributed by atoms with Gasteiger partial charge in [0.2, 0.25) is 0 Å². The van der Waals surface area contributed by atoms with Crippen LogP contribution in [0.2, 0.25) is 0 Å². The molecule has 0 aliphatic rings. The molecule has 0 atom stereocenters. The molecule has 0 aromatic rings. The maximum atomic E-state index is 3.33. The third-order valence-electron chi connectivity index (χ3n) is 2.50. The lowest BCUT2D eigenvalue weighted by atomic mass is 9.79. The number of rotatable bonds is 1. The lowest BCUT2D eigenvalue weighted by Gasteiger charge is -2.31. The lowest BCUT2D eigenvalue weighted by molar-refractivity contribution is 0.423. The fourth-order valence-corrected chi connectivity index (χ4v) is 1.50. The lowest BCUT2D eigenvalue weighted by Crippen LogP contribution is -2.26. The number of allylic oxidation sites excluding steroid dienone is 2. The highest BCUT2D eigenvalue weighted by Crippen LogP contribution is 2.34. The number of hydrogen-bond acceptors (Lipinski definition) is 1. The Kier molecular flexibility index (Phi) is 3.60. The van der Waals surface area contributed by atoms with Crippen molar-refractivity contribution in [3.8, 4) is 0 Å². The van der Waals surface area contributed by atoms with E-state index in [-0.39, 0.29) is 10.8 Å². The van der Waals surface area contributed by atoms with Gasteiger partial charge in [-0.05, 0) is 17.9 Å². The first-order valence-corrected chi connectivity index (χ1v) is 5.00. The quantitative estimate of drug-likeness (QED) is 0.655. The van der Waals surface area contributed by atoms with E-state index in [1.165, 1.54) is 11.3 Å². The molecule has 0 aliphatic carbocycles. The van der Waals surface area contributed by atoms with Crippen molar-refractivity contribution < 1.29 is 0 Å². The summed E-state index contributed by atoms with van der Waals surface area (Å²) in [7, 11) is 2.01. The van der Waals surface area contributed by atoms with Crippen LogP contribution in [0.15, 0.2) is 11.3 Å². The molecule has 0 saturated heterocycles. The maximum Gasteiger partial charge on any atom is 0.0153 e. The molecule has 0 radical (unpaired) electrons. The van der Waals surface area contributed by atoms with Crippen LogP contribution in [0, 0.1) is 10.8 Å². The molecule has 1 nitrogen and oxygen atoms in total. The summed E-state index contributed by atoms with van der Waals surface area (Å²) in [5.74, 6) is 0. The largest absolute Gasteiger partial charge is 0.391 e. The van der Waals surface area contributed by atoms with Gasteiger partial charge < -0.3 is 5.32 Å². The minimum Gasteiger partial charge on any atom is -0.391 e. The summed E-state index contributed by atoms with van der Waals surface area (Å²) < 4.78 is 0. The van der Waals surface area contributed by atoms with Gasteiger partial charge in [-0.2, -0.15) is 0 Å². The van der Waals surface area contributed by atoms with E-state index in [4.69, 9.17) is 0 Å². The van der Waals surface area contributed by atoms with Crippen LogP contribution in [0.4, 0.5) is 0 Å². The second kappa shape index (κ2) is 3.73. The van der Waals surface area contributed by atoms with Crippen LogP contribution >= 0.6 is 0 Å². The fraction of sp³-hybridized carbons (Fsp3) is 0.833. The molecule has 78 valence electrons. The standard InChI is InChI=1S/C12H25N/c1-9(11(2,3)4)10(13-8)12(5,6)7/h13H,1-8H3/b10-9+. The fourth-order valence-electron chi connectivity index (χ4n) is 1.50. The van der Waals surface area contributed by atoms with E-state index in [0.717, 1.165) is 0 Å². The second-order valence-corrected chi connectivity index (χ2v) is 5.75. The minimum atomic E-state index is 0.214. The Labute approximate surface area is 83.6 Å². The highest BCUT2D eigenvalue weighted by atomic mass is 14.9. The van der Waals surface area contributed by atoms with E-state index >= 15 is 0 Å². The Bertz CT molecular complexity index is 198. The molecule has 0 rings (SSSR count). The van der Waals surface area contributed by atoms with Gasteiger partial charge in [-0.3, -0.25) is 0 Å². The zero-order valence-corrected chi connectivity index (χ0v) is 10.5. The summed E-state index contributed by atoms with van der Waals surface area (Å²) in [6.07, 6.45) is 0. The van der Waals surface area contributed by atoms with Crippen LogP contribution in [0.1, 0.15) is 48.5 Å². The molecule has 0 saturated carbocycles. The van der Waals surface area contributed by atoms with Crippen LogP contribution in [0.5, 0.6) is 0 Å². The Hall–Kier alpha value is -0.460. The molecule has 0 unspecified atom stereocenters. The van der Waals surface area contributed by atoms with Crippen LogP contribution in [-0.2, 0) is 0 Å². The first kappa shape index (κ1) is 12.5. The summed E-state index contributed by atoms with van der Waals surface area (Å²) >= 11 is 0. The third-order valence-corrected chi connectivity index (χ3v) is 2.50. The smallest absolute Gasteiger partial charge is 0.0153 e. The van der Waals surface area contributed by atoms with E-state index in [2.05, 4.69) is 53.8 Å². The summed E-state index contributed by atoms with van der Waals surface area (Å²) in [5, 5.41) is 3.33. The molecule has 1 heteroatoms. The Morgan fingerprint density at radius 2 is 1.23 bits per heavy atom. The van der Waals surface area contributed by atoms with E-state index in [9.17, 15) is 0 Å². The van der Waals surface area contributed by atoms with E-state index in [1.807, 2.05) is 7.05 Å². The zero-order valence-electron chi connectivity index (χ0n) is 10.5. The summed E-state index contributed by atoms with van der Waals surface area (Å²) in [6, 6.07) is 0. The van der Waals surface area contributed by atoms with E-state index in [1.54, 1.807) is 0 Å². The van der Waals surface area contributed by atoms with Crippen molar-refractivity contribution in [1.29, 1.82) is 0 Å². The first-order chi connectivity index (χ1) is 5.60. The van der Waals surface area contributed by atoms with Crippen molar-refractivity contribution >= 4 is 0 Å². The van der Waals surface area contributed by atoms with E-state index < -0.39 is 0 Å². The van der Waals surface area contributed by atoms with Crippen molar-refractivity contribution in [3.63, 3.8) is 0 Å². The van der Waals surface area contributed by atoms with Gasteiger partial charge in [0.1, 0.15) is 0 Å². The van der Waals surface area contributed by atoms with Gasteiger partial charge in [0.25, 0.3) is 0 Å². The summed E-state index contributed by atoms with van der Waals surface area (Å²) in [6.45, 7) is 15.7. The number of nitrogens with one attached hydrogen (secondary N) is 1. The average Bonchev–Trinajstić information content (AvgIpc) is 1.83. The highest BCUT2D eigenvalue weighted by Gasteiger charge is 2.24. The topological polar surface area (TPSA) is 12.0 Å². The van der Waals surface area contributed by atoms with Gasteiger partial charge in [0.15, 0.2) is 0 Å². The molecule has 0 amide bonds. The Balaban J connectivity index is 5.16. The molecule has 13 heavy (non-hydrogen) atoms. The Morgan fingerprint density at radius 1 is 0.846 bits per heavy atom. The molecule has 0 aliphatic heterocycles. The molecular weight excluding hydrogens is 158 g/mol. The minimum absolute atomic E-state index is 0.214. The maximum absolute atomic E-state index is 3.33. The van der Waals surface area contributed by atoms with Crippen molar-refractivity contribution in [2.75, 3.05) is 7.05 Å². The molecule has 0 aromatic heterocycles. The number of hydrogen-bond donors (Lipinski definition) is 1. The predicted molar refractivity (Wildman–Crippen MR) is 60.7 cm³/mol. The normalized spacial score (nSPS) is 15.4. The van der Waals surface area contributed by atoms with Crippen LogP contribution in [0.25, 0.3) is 0 Å². The van der Waals surface area contributed by atoms with E-state index in [0.29, 0.717) is 0 Å². The van der Waals surface area contributed by atoms with Gasteiger partial charge in [-0.15, -0.1) is 0 Å². The average molecular weight is 183 g/mol. The van der Waals surface area contributed by atoms with Gasteiger partial charge in [0.05, 0.1) is 0 Å². The first-order valence-electron chi connectivity index (χ1n) is 5.00. The zero-order chi connectivity index (χ0) is 10.9. The molecule has 0 heterocycles. The van der Waals surface area contributed by atoms with Crippen LogP contribution in [-0.4, -0.2) is 7.05 Å². The SMILES string of the molecule is CN/C(=C(\C)C(C)(C)C)C(C)(C)C. The predicted octanol–water partition coefficient (Wildman–Crippen LogP) is 3.57.